The van der Waals surface area contributed by atoms with E-state index in [0.717, 1.165) is 37.0 Å². The average Bonchev–Trinajstić information content (AvgIpc) is 2.76. The lowest BCUT2D eigenvalue weighted by Crippen LogP contribution is -2.54. The van der Waals surface area contributed by atoms with Crippen LogP contribution in [0.5, 0.6) is 0 Å². The first-order valence-electron chi connectivity index (χ1n) is 10.0. The minimum absolute atomic E-state index is 0.000482. The Hall–Kier alpha value is -1.59. The van der Waals surface area contributed by atoms with E-state index in [1.807, 2.05) is 0 Å². The number of likely N-dealkylation sites (N-methyl/N-ethyl adjacent to an activating group) is 1. The lowest BCUT2D eigenvalue weighted by molar-refractivity contribution is -0.141. The minimum Gasteiger partial charge on any atom is -0.341 e. The zero-order valence-electron chi connectivity index (χ0n) is 16.6. The maximum atomic E-state index is 13.1. The molecule has 2 atom stereocenters. The molecule has 26 heavy (non-hydrogen) atoms. The van der Waals surface area contributed by atoms with Crippen LogP contribution in [0, 0.1) is 11.3 Å². The van der Waals surface area contributed by atoms with Gasteiger partial charge in [-0.25, -0.2) is 4.79 Å². The van der Waals surface area contributed by atoms with E-state index in [0.29, 0.717) is 18.8 Å². The molecule has 146 valence electrons. The van der Waals surface area contributed by atoms with Crippen LogP contribution in [0.2, 0.25) is 0 Å². The Morgan fingerprint density at radius 3 is 2.46 bits per heavy atom. The van der Waals surface area contributed by atoms with Gasteiger partial charge >= 0.3 is 6.03 Å². The number of imide groups is 1. The zero-order valence-corrected chi connectivity index (χ0v) is 16.6. The summed E-state index contributed by atoms with van der Waals surface area (Å²) in [5, 5.41) is 2.95. The van der Waals surface area contributed by atoms with Gasteiger partial charge in [-0.3, -0.25) is 14.5 Å². The van der Waals surface area contributed by atoms with E-state index in [2.05, 4.69) is 26.1 Å². The molecular formula is C20H33N3O3. The van der Waals surface area contributed by atoms with Crippen LogP contribution >= 0.6 is 0 Å². The normalized spacial score (nSPS) is 32.0. The molecule has 1 spiro atoms. The summed E-state index contributed by atoms with van der Waals surface area (Å²) in [6.45, 7) is 6.28. The molecule has 3 fully saturated rings. The van der Waals surface area contributed by atoms with Gasteiger partial charge in [-0.2, -0.15) is 0 Å². The number of rotatable bonds is 3. The molecule has 1 heterocycles. The van der Waals surface area contributed by atoms with Crippen molar-refractivity contribution < 1.29 is 14.4 Å². The van der Waals surface area contributed by atoms with E-state index in [-0.39, 0.29) is 29.8 Å². The van der Waals surface area contributed by atoms with Crippen molar-refractivity contribution in [2.24, 2.45) is 11.3 Å². The minimum atomic E-state index is -0.831. The zero-order chi connectivity index (χ0) is 19.1. The fraction of sp³-hybridized carbons (Fsp3) is 0.850. The summed E-state index contributed by atoms with van der Waals surface area (Å²) >= 11 is 0. The molecule has 3 rings (SSSR count). The average molecular weight is 364 g/mol. The monoisotopic (exact) mass is 363 g/mol. The summed E-state index contributed by atoms with van der Waals surface area (Å²) < 4.78 is 0. The third-order valence-corrected chi connectivity index (χ3v) is 6.43. The van der Waals surface area contributed by atoms with Gasteiger partial charge in [0.1, 0.15) is 12.1 Å². The Morgan fingerprint density at radius 1 is 1.19 bits per heavy atom. The van der Waals surface area contributed by atoms with Gasteiger partial charge in [0.2, 0.25) is 5.91 Å². The van der Waals surface area contributed by atoms with Gasteiger partial charge in [-0.15, -0.1) is 0 Å². The molecule has 0 aromatic heterocycles. The molecule has 1 saturated heterocycles. The van der Waals surface area contributed by atoms with Gasteiger partial charge in [0.15, 0.2) is 0 Å². The van der Waals surface area contributed by atoms with Gasteiger partial charge in [0, 0.05) is 13.1 Å². The highest BCUT2D eigenvalue weighted by Gasteiger charge is 2.56. The Balaban J connectivity index is 1.70. The summed E-state index contributed by atoms with van der Waals surface area (Å²) in [5.41, 5.74) is -0.832. The van der Waals surface area contributed by atoms with Crippen LogP contribution in [0.15, 0.2) is 0 Å². The molecule has 2 saturated carbocycles. The van der Waals surface area contributed by atoms with Crippen molar-refractivity contribution in [3.8, 4) is 0 Å². The molecule has 0 aromatic carbocycles. The highest BCUT2D eigenvalue weighted by atomic mass is 16.2. The third-order valence-electron chi connectivity index (χ3n) is 6.43. The molecular weight excluding hydrogens is 330 g/mol. The second-order valence-corrected chi connectivity index (χ2v) is 9.55. The Bertz CT molecular complexity index is 597. The highest BCUT2D eigenvalue weighted by molar-refractivity contribution is 6.09. The van der Waals surface area contributed by atoms with Crippen LogP contribution in [0.3, 0.4) is 0 Å². The molecule has 2 aliphatic carbocycles. The van der Waals surface area contributed by atoms with Crippen LogP contribution < -0.4 is 5.32 Å². The van der Waals surface area contributed by atoms with Crippen molar-refractivity contribution in [3.63, 3.8) is 0 Å². The molecule has 0 radical (unpaired) electrons. The SMILES string of the molecule is CC1CC(C)(C)CC2(C1)NC(=O)N(CC(=O)N(C)C1CCCCC1)C2=O. The van der Waals surface area contributed by atoms with Crippen LogP contribution in [0.1, 0.15) is 72.1 Å². The molecule has 0 bridgehead atoms. The largest absolute Gasteiger partial charge is 0.341 e. The number of urea groups is 1. The Kier molecular flexibility index (Phi) is 5.06. The fourth-order valence-electron chi connectivity index (χ4n) is 5.57. The van der Waals surface area contributed by atoms with E-state index in [1.54, 1.807) is 11.9 Å². The number of amides is 4. The van der Waals surface area contributed by atoms with E-state index in [4.69, 9.17) is 0 Å². The first kappa shape index (κ1) is 19.2. The summed E-state index contributed by atoms with van der Waals surface area (Å²) in [4.78, 5) is 41.3. The van der Waals surface area contributed by atoms with E-state index in [9.17, 15) is 14.4 Å². The van der Waals surface area contributed by atoms with Crippen molar-refractivity contribution in [2.45, 2.75) is 83.7 Å². The molecule has 1 aliphatic heterocycles. The van der Waals surface area contributed by atoms with Gasteiger partial charge in [0.05, 0.1) is 0 Å². The lowest BCUT2D eigenvalue weighted by atomic mass is 9.64. The van der Waals surface area contributed by atoms with Gasteiger partial charge in [0.25, 0.3) is 5.91 Å². The van der Waals surface area contributed by atoms with E-state index >= 15 is 0 Å². The van der Waals surface area contributed by atoms with E-state index in [1.165, 1.54) is 6.42 Å². The first-order valence-corrected chi connectivity index (χ1v) is 10.0. The second-order valence-electron chi connectivity index (χ2n) is 9.55. The molecule has 6 nitrogen and oxygen atoms in total. The number of carbonyl (C=O) groups excluding carboxylic acids is 3. The number of nitrogens with zero attached hydrogens (tertiary/aromatic N) is 2. The summed E-state index contributed by atoms with van der Waals surface area (Å²) in [6.07, 6.45) is 7.87. The number of carbonyl (C=O) groups is 3. The lowest BCUT2D eigenvalue weighted by Gasteiger charge is -2.43. The van der Waals surface area contributed by atoms with Crippen molar-refractivity contribution in [1.82, 2.24) is 15.1 Å². The topological polar surface area (TPSA) is 69.7 Å². The predicted molar refractivity (Wildman–Crippen MR) is 99.4 cm³/mol. The molecule has 2 unspecified atom stereocenters. The highest BCUT2D eigenvalue weighted by Crippen LogP contribution is 2.46. The number of hydrogen-bond acceptors (Lipinski definition) is 3. The molecule has 4 amide bonds. The van der Waals surface area contributed by atoms with Crippen LogP contribution in [-0.2, 0) is 9.59 Å². The molecule has 3 aliphatic rings. The second kappa shape index (κ2) is 6.86. The maximum Gasteiger partial charge on any atom is 0.325 e. The summed E-state index contributed by atoms with van der Waals surface area (Å²) in [7, 11) is 1.80. The number of hydrogen-bond donors (Lipinski definition) is 1. The van der Waals surface area contributed by atoms with Crippen molar-refractivity contribution >= 4 is 17.8 Å². The van der Waals surface area contributed by atoms with E-state index < -0.39 is 11.6 Å². The standard InChI is InChI=1S/C20H33N3O3/c1-14-10-19(2,3)13-20(11-14)17(25)23(18(26)21-20)12-16(24)22(4)15-8-6-5-7-9-15/h14-15H,5-13H2,1-4H3,(H,21,26). The van der Waals surface area contributed by atoms with Crippen LogP contribution in [-0.4, -0.2) is 52.8 Å². The maximum absolute atomic E-state index is 13.1. The predicted octanol–water partition coefficient (Wildman–Crippen LogP) is 2.91. The Morgan fingerprint density at radius 2 is 1.85 bits per heavy atom. The van der Waals surface area contributed by atoms with Crippen LogP contribution in [0.4, 0.5) is 4.79 Å². The summed E-state index contributed by atoms with van der Waals surface area (Å²) in [6, 6.07) is -0.176. The van der Waals surface area contributed by atoms with Crippen LogP contribution in [0.25, 0.3) is 0 Å². The smallest absolute Gasteiger partial charge is 0.325 e. The van der Waals surface area contributed by atoms with Gasteiger partial charge in [-0.05, 0) is 43.4 Å². The van der Waals surface area contributed by atoms with Crippen molar-refractivity contribution in [3.05, 3.63) is 0 Å². The van der Waals surface area contributed by atoms with Gasteiger partial charge in [-0.1, -0.05) is 40.0 Å². The van der Waals surface area contributed by atoms with Crippen molar-refractivity contribution in [2.75, 3.05) is 13.6 Å². The molecule has 6 heteroatoms. The first-order chi connectivity index (χ1) is 12.1. The molecule has 0 aromatic rings. The fourth-order valence-corrected chi connectivity index (χ4v) is 5.57. The number of nitrogens with one attached hydrogen (secondary N) is 1. The van der Waals surface area contributed by atoms with Crippen molar-refractivity contribution in [1.29, 1.82) is 0 Å². The summed E-state index contributed by atoms with van der Waals surface area (Å²) in [5.74, 6) is 0.0108. The molecule has 1 N–H and O–H groups in total. The van der Waals surface area contributed by atoms with Gasteiger partial charge < -0.3 is 10.2 Å². The Labute approximate surface area is 156 Å². The quantitative estimate of drug-likeness (QED) is 0.784. The third kappa shape index (κ3) is 3.60.